The van der Waals surface area contributed by atoms with Gasteiger partial charge in [0.15, 0.2) is 5.13 Å². The molecule has 5 nitrogen and oxygen atoms in total. The van der Waals surface area contributed by atoms with Crippen LogP contribution in [0.4, 0.5) is 5.13 Å². The summed E-state index contributed by atoms with van der Waals surface area (Å²) in [6.07, 6.45) is 7.37. The van der Waals surface area contributed by atoms with Crippen molar-refractivity contribution in [1.29, 1.82) is 0 Å². The van der Waals surface area contributed by atoms with E-state index in [4.69, 9.17) is 12.2 Å². The highest BCUT2D eigenvalue weighted by atomic mass is 32.2. The topological polar surface area (TPSA) is 62.3 Å². The van der Waals surface area contributed by atoms with Crippen molar-refractivity contribution in [3.8, 4) is 0 Å². The van der Waals surface area contributed by atoms with Gasteiger partial charge in [-0.1, -0.05) is 90.1 Å². The van der Waals surface area contributed by atoms with Gasteiger partial charge in [-0.15, -0.1) is 11.3 Å². The number of benzene rings is 2. The Morgan fingerprint density at radius 2 is 1.89 bits per heavy atom. The molecule has 0 atom stereocenters. The van der Waals surface area contributed by atoms with Gasteiger partial charge in [0.1, 0.15) is 4.32 Å². The largest absolute Gasteiger partial charge is 0.302 e. The summed E-state index contributed by atoms with van der Waals surface area (Å²) in [6.45, 7) is 4.70. The van der Waals surface area contributed by atoms with Gasteiger partial charge in [-0.05, 0) is 43.9 Å². The SMILES string of the molecule is Cc1ccc(/C=C2\SC(=S)N(CCCCCC(=O)Nc3ncc(Cc4cccc(C)c4)s3)C2=O)cc1. The molecular weight excluding hydrogens is 507 g/mol. The molecule has 1 saturated heterocycles. The number of hydrogen-bond donors (Lipinski definition) is 1. The minimum absolute atomic E-state index is 0.0295. The van der Waals surface area contributed by atoms with E-state index in [1.54, 1.807) is 4.90 Å². The summed E-state index contributed by atoms with van der Waals surface area (Å²) in [5.41, 5.74) is 4.65. The van der Waals surface area contributed by atoms with Crippen molar-refractivity contribution in [1.82, 2.24) is 9.88 Å². The Morgan fingerprint density at radius 1 is 1.08 bits per heavy atom. The fourth-order valence-electron chi connectivity index (χ4n) is 3.89. The smallest absolute Gasteiger partial charge is 0.266 e. The Bertz CT molecular complexity index is 1280. The number of aryl methyl sites for hydroxylation is 2. The van der Waals surface area contributed by atoms with Crippen LogP contribution in [0.15, 0.2) is 59.6 Å². The number of hydrogen-bond acceptors (Lipinski definition) is 6. The number of unbranched alkanes of at least 4 members (excludes halogenated alkanes) is 2. The number of nitrogens with one attached hydrogen (secondary N) is 1. The van der Waals surface area contributed by atoms with Crippen LogP contribution in [0.3, 0.4) is 0 Å². The molecule has 2 amide bonds. The summed E-state index contributed by atoms with van der Waals surface area (Å²) >= 11 is 8.30. The van der Waals surface area contributed by atoms with Crippen LogP contribution in [-0.2, 0) is 16.0 Å². The van der Waals surface area contributed by atoms with Gasteiger partial charge in [0.05, 0.1) is 4.91 Å². The summed E-state index contributed by atoms with van der Waals surface area (Å²) in [5.74, 6) is -0.0633. The van der Waals surface area contributed by atoms with E-state index in [-0.39, 0.29) is 11.8 Å². The minimum Gasteiger partial charge on any atom is -0.302 e. The lowest BCUT2D eigenvalue weighted by Crippen LogP contribution is -2.29. The average molecular weight is 536 g/mol. The van der Waals surface area contributed by atoms with Crippen molar-refractivity contribution in [2.75, 3.05) is 11.9 Å². The van der Waals surface area contributed by atoms with Gasteiger partial charge >= 0.3 is 0 Å². The van der Waals surface area contributed by atoms with E-state index in [1.807, 2.05) is 43.5 Å². The van der Waals surface area contributed by atoms with E-state index in [1.165, 1.54) is 39.8 Å². The number of rotatable bonds is 10. The molecule has 1 fully saturated rings. The van der Waals surface area contributed by atoms with E-state index in [9.17, 15) is 9.59 Å². The van der Waals surface area contributed by atoms with Crippen LogP contribution in [0.1, 0.15) is 52.8 Å². The first-order chi connectivity index (χ1) is 17.4. The van der Waals surface area contributed by atoms with Crippen LogP contribution in [-0.4, -0.2) is 32.6 Å². The first-order valence-electron chi connectivity index (χ1n) is 12.0. The second-order valence-electron chi connectivity index (χ2n) is 8.90. The first kappa shape index (κ1) is 26.3. The molecule has 0 radical (unpaired) electrons. The second-order valence-corrected chi connectivity index (χ2v) is 11.7. The molecule has 4 rings (SSSR count). The van der Waals surface area contributed by atoms with E-state index >= 15 is 0 Å². The lowest BCUT2D eigenvalue weighted by Gasteiger charge is -2.14. The molecule has 1 aliphatic rings. The van der Waals surface area contributed by atoms with Crippen molar-refractivity contribution in [3.63, 3.8) is 0 Å². The zero-order valence-electron chi connectivity index (χ0n) is 20.5. The van der Waals surface area contributed by atoms with E-state index in [0.717, 1.165) is 36.1 Å². The van der Waals surface area contributed by atoms with Gasteiger partial charge < -0.3 is 5.32 Å². The molecule has 3 aromatic rings. The summed E-state index contributed by atoms with van der Waals surface area (Å²) < 4.78 is 0.598. The Morgan fingerprint density at radius 3 is 2.67 bits per heavy atom. The molecule has 1 aromatic heterocycles. The fourth-order valence-corrected chi connectivity index (χ4v) is 6.06. The third-order valence-corrected chi connectivity index (χ3v) is 8.09. The van der Waals surface area contributed by atoms with Crippen molar-refractivity contribution in [2.45, 2.75) is 46.0 Å². The molecule has 0 unspecified atom stereocenters. The van der Waals surface area contributed by atoms with E-state index < -0.39 is 0 Å². The molecular formula is C28H29N3O2S3. The lowest BCUT2D eigenvalue weighted by molar-refractivity contribution is -0.122. The molecule has 0 aliphatic carbocycles. The zero-order chi connectivity index (χ0) is 25.5. The number of thiocarbonyl (C=S) groups is 1. The van der Waals surface area contributed by atoms with E-state index in [0.29, 0.717) is 27.3 Å². The number of amides is 2. The van der Waals surface area contributed by atoms with Crippen LogP contribution in [0, 0.1) is 13.8 Å². The number of anilines is 1. The highest BCUT2D eigenvalue weighted by Crippen LogP contribution is 2.33. The maximum Gasteiger partial charge on any atom is 0.266 e. The Hall–Kier alpha value is -2.81. The molecule has 0 spiro atoms. The van der Waals surface area contributed by atoms with Crippen LogP contribution >= 0.6 is 35.3 Å². The predicted octanol–water partition coefficient (Wildman–Crippen LogP) is 6.75. The number of thioether (sulfide) groups is 1. The third-order valence-electron chi connectivity index (χ3n) is 5.80. The molecule has 8 heteroatoms. The lowest BCUT2D eigenvalue weighted by atomic mass is 10.1. The summed E-state index contributed by atoms with van der Waals surface area (Å²) in [7, 11) is 0. The van der Waals surface area contributed by atoms with Gasteiger partial charge in [0.2, 0.25) is 5.91 Å². The number of nitrogens with zero attached hydrogens (tertiary/aromatic N) is 2. The molecule has 2 heterocycles. The average Bonchev–Trinajstić information content (AvgIpc) is 3.38. The van der Waals surface area contributed by atoms with Gasteiger partial charge in [-0.25, -0.2) is 4.98 Å². The van der Waals surface area contributed by atoms with Crippen molar-refractivity contribution >= 4 is 62.7 Å². The number of aromatic nitrogens is 1. The van der Waals surface area contributed by atoms with Crippen molar-refractivity contribution < 1.29 is 9.59 Å². The fraction of sp³-hybridized carbons (Fsp3) is 0.286. The number of carbonyl (C=O) groups is 2. The van der Waals surface area contributed by atoms with Crippen molar-refractivity contribution in [3.05, 3.63) is 86.8 Å². The summed E-state index contributed by atoms with van der Waals surface area (Å²) in [6, 6.07) is 16.5. The molecule has 36 heavy (non-hydrogen) atoms. The molecule has 1 aliphatic heterocycles. The quantitative estimate of drug-likeness (QED) is 0.177. The maximum atomic E-state index is 12.8. The van der Waals surface area contributed by atoms with Crippen LogP contribution in [0.2, 0.25) is 0 Å². The summed E-state index contributed by atoms with van der Waals surface area (Å²) in [5, 5.41) is 3.55. The monoisotopic (exact) mass is 535 g/mol. The molecule has 1 N–H and O–H groups in total. The highest BCUT2D eigenvalue weighted by molar-refractivity contribution is 8.26. The van der Waals surface area contributed by atoms with Crippen LogP contribution < -0.4 is 5.32 Å². The van der Waals surface area contributed by atoms with Crippen LogP contribution in [0.25, 0.3) is 6.08 Å². The molecule has 186 valence electrons. The normalized spacial score (nSPS) is 14.6. The predicted molar refractivity (Wildman–Crippen MR) is 154 cm³/mol. The van der Waals surface area contributed by atoms with Crippen molar-refractivity contribution in [2.24, 2.45) is 0 Å². The van der Waals surface area contributed by atoms with Gasteiger partial charge in [0, 0.05) is 30.5 Å². The molecule has 0 saturated carbocycles. The third kappa shape index (κ3) is 7.35. The first-order valence-corrected chi connectivity index (χ1v) is 14.0. The van der Waals surface area contributed by atoms with Gasteiger partial charge in [-0.2, -0.15) is 0 Å². The Kier molecular flexibility index (Phi) is 9.07. The second kappa shape index (κ2) is 12.4. The zero-order valence-corrected chi connectivity index (χ0v) is 22.9. The van der Waals surface area contributed by atoms with E-state index in [2.05, 4.69) is 41.5 Å². The minimum atomic E-state index is -0.0337. The molecule has 2 aromatic carbocycles. The Labute approximate surface area is 226 Å². The summed E-state index contributed by atoms with van der Waals surface area (Å²) in [4.78, 5) is 32.9. The van der Waals surface area contributed by atoms with Gasteiger partial charge in [0.25, 0.3) is 5.91 Å². The Balaban J connectivity index is 1.17. The maximum absolute atomic E-state index is 12.8. The van der Waals surface area contributed by atoms with Gasteiger partial charge in [-0.3, -0.25) is 14.5 Å². The number of carbonyl (C=O) groups excluding carboxylic acids is 2. The standard InChI is InChI=1S/C28H29N3O2S3/c1-19-10-12-21(13-11-19)17-24-26(33)31(28(34)36-24)14-5-3-4-9-25(32)30-27-29-18-23(35-27)16-22-8-6-7-20(2)15-22/h6-8,10-13,15,17-18H,3-5,9,14,16H2,1-2H3,(H,29,30,32)/b24-17-. The van der Waals surface area contributed by atoms with Crippen LogP contribution in [0.5, 0.6) is 0 Å². The highest BCUT2D eigenvalue weighted by Gasteiger charge is 2.31. The molecule has 0 bridgehead atoms. The number of thiazole rings is 1.